The maximum absolute atomic E-state index is 13.3. The third-order valence-corrected chi connectivity index (χ3v) is 4.04. The summed E-state index contributed by atoms with van der Waals surface area (Å²) in [5.74, 6) is -1.34. The van der Waals surface area contributed by atoms with E-state index in [4.69, 9.17) is 9.84 Å². The van der Waals surface area contributed by atoms with Crippen molar-refractivity contribution >= 4 is 17.6 Å². The number of ether oxygens (including phenoxy) is 2. The molecule has 2 N–H and O–H groups in total. The molecule has 29 heavy (non-hydrogen) atoms. The minimum absolute atomic E-state index is 0.0195. The van der Waals surface area contributed by atoms with Crippen LogP contribution in [-0.4, -0.2) is 55.3 Å². The Labute approximate surface area is 166 Å². The molecule has 0 spiro atoms. The second kappa shape index (κ2) is 9.17. The smallest absolute Gasteiger partial charge is 0.416 e. The molecule has 0 atom stereocenters. The summed E-state index contributed by atoms with van der Waals surface area (Å²) in [6.45, 7) is 3.44. The molecule has 1 amide bonds. The van der Waals surface area contributed by atoms with Gasteiger partial charge in [0.15, 0.2) is 0 Å². The quantitative estimate of drug-likeness (QED) is 0.633. The number of alkyl halides is 3. The number of halogens is 3. The van der Waals surface area contributed by atoms with E-state index < -0.39 is 23.6 Å². The molecule has 1 aromatic carbocycles. The Morgan fingerprint density at radius 1 is 1.31 bits per heavy atom. The number of hydrogen-bond acceptors (Lipinski definition) is 6. The minimum Gasteiger partial charge on any atom is -0.493 e. The lowest BCUT2D eigenvalue weighted by atomic mass is 10.1. The summed E-state index contributed by atoms with van der Waals surface area (Å²) in [6.07, 6.45) is -4.63. The van der Waals surface area contributed by atoms with Gasteiger partial charge in [0, 0.05) is 18.3 Å². The first-order valence-corrected chi connectivity index (χ1v) is 8.90. The number of anilines is 1. The molecule has 7 nitrogen and oxygen atoms in total. The van der Waals surface area contributed by atoms with Gasteiger partial charge in [-0.15, -0.1) is 0 Å². The van der Waals surface area contributed by atoms with E-state index in [1.807, 2.05) is 13.8 Å². The van der Waals surface area contributed by atoms with Crippen molar-refractivity contribution in [3.63, 3.8) is 0 Å². The molecule has 0 saturated carbocycles. The second-order valence-corrected chi connectivity index (χ2v) is 6.87. The maximum atomic E-state index is 13.3. The summed E-state index contributed by atoms with van der Waals surface area (Å²) in [5.41, 5.74) is -1.25. The molecule has 1 aliphatic heterocycles. The lowest BCUT2D eigenvalue weighted by molar-refractivity contribution is -0.138. The van der Waals surface area contributed by atoms with Crippen molar-refractivity contribution in [1.29, 1.82) is 0 Å². The molecule has 0 aliphatic carbocycles. The summed E-state index contributed by atoms with van der Waals surface area (Å²) in [5, 5.41) is 11.7. The maximum Gasteiger partial charge on any atom is 0.416 e. The molecule has 10 heteroatoms. The molecule has 2 rings (SSSR count). The van der Waals surface area contributed by atoms with E-state index in [0.29, 0.717) is 0 Å². The van der Waals surface area contributed by atoms with Crippen LogP contribution in [0.3, 0.4) is 0 Å². The van der Waals surface area contributed by atoms with Gasteiger partial charge in [0.2, 0.25) is 0 Å². The van der Waals surface area contributed by atoms with E-state index in [-0.39, 0.29) is 54.9 Å². The average Bonchev–Trinajstić information content (AvgIpc) is 2.95. The number of benzene rings is 1. The highest BCUT2D eigenvalue weighted by atomic mass is 19.4. The number of aliphatic hydroxyl groups is 1. The molecule has 0 fully saturated rings. The number of amides is 1. The zero-order chi connectivity index (χ0) is 21.8. The van der Waals surface area contributed by atoms with E-state index in [1.165, 1.54) is 11.0 Å². The molecule has 0 aromatic heterocycles. The fourth-order valence-corrected chi connectivity index (χ4v) is 2.67. The molecule has 0 saturated heterocycles. The van der Waals surface area contributed by atoms with Gasteiger partial charge in [-0.2, -0.15) is 13.2 Å². The fraction of sp³-hybridized carbons (Fsp3) is 0.474. The summed E-state index contributed by atoms with van der Waals surface area (Å²) < 4.78 is 49.9. The summed E-state index contributed by atoms with van der Waals surface area (Å²) >= 11 is 0. The lowest BCUT2D eigenvalue weighted by Crippen LogP contribution is -2.31. The zero-order valence-electron chi connectivity index (χ0n) is 16.3. The molecular formula is C19H23F3N2O5. The lowest BCUT2D eigenvalue weighted by Gasteiger charge is -2.17. The number of methoxy groups -OCH3 is 1. The molecular weight excluding hydrogens is 393 g/mol. The van der Waals surface area contributed by atoms with Gasteiger partial charge < -0.3 is 24.8 Å². The molecule has 0 bridgehead atoms. The highest BCUT2D eigenvalue weighted by Crippen LogP contribution is 2.35. The fourth-order valence-electron chi connectivity index (χ4n) is 2.67. The van der Waals surface area contributed by atoms with Crippen molar-refractivity contribution in [3.05, 3.63) is 35.0 Å². The van der Waals surface area contributed by atoms with Crippen molar-refractivity contribution in [2.75, 3.05) is 38.7 Å². The van der Waals surface area contributed by atoms with Gasteiger partial charge in [-0.1, -0.05) is 13.8 Å². The Morgan fingerprint density at radius 3 is 2.55 bits per heavy atom. The Morgan fingerprint density at radius 2 is 2.00 bits per heavy atom. The average molecular weight is 416 g/mol. The van der Waals surface area contributed by atoms with Crippen LogP contribution in [0.4, 0.5) is 18.9 Å². The first kappa shape index (κ1) is 22.5. The molecule has 1 aliphatic rings. The van der Waals surface area contributed by atoms with Crippen LogP contribution in [0.1, 0.15) is 19.4 Å². The number of β-amino-alcohol motifs (C(OH)–C–C–N with tert-alkyl or cyclic N) is 1. The Kier molecular flexibility index (Phi) is 7.12. The Balaban J connectivity index is 2.42. The topological polar surface area (TPSA) is 88.1 Å². The van der Waals surface area contributed by atoms with Crippen molar-refractivity contribution in [1.82, 2.24) is 4.90 Å². The van der Waals surface area contributed by atoms with Gasteiger partial charge in [-0.25, -0.2) is 4.79 Å². The Hall–Kier alpha value is -2.75. The van der Waals surface area contributed by atoms with E-state index in [2.05, 4.69) is 10.1 Å². The molecule has 1 aromatic rings. The van der Waals surface area contributed by atoms with Crippen LogP contribution in [0.2, 0.25) is 0 Å². The predicted octanol–water partition coefficient (Wildman–Crippen LogP) is 2.41. The number of hydrogen-bond donors (Lipinski definition) is 2. The van der Waals surface area contributed by atoms with Gasteiger partial charge in [0.1, 0.15) is 11.4 Å². The van der Waals surface area contributed by atoms with Crippen LogP contribution >= 0.6 is 0 Å². The van der Waals surface area contributed by atoms with Crippen LogP contribution in [0, 0.1) is 5.92 Å². The number of aliphatic hydroxyl groups excluding tert-OH is 1. The van der Waals surface area contributed by atoms with Gasteiger partial charge in [-0.3, -0.25) is 4.79 Å². The minimum atomic E-state index is -4.63. The summed E-state index contributed by atoms with van der Waals surface area (Å²) in [7, 11) is 1.13. The largest absolute Gasteiger partial charge is 0.493 e. The molecule has 0 unspecified atom stereocenters. The van der Waals surface area contributed by atoms with Crippen LogP contribution in [-0.2, 0) is 20.5 Å². The standard InChI is InChI=1S/C19H23F3N2O5/c1-11(2)10-29-14-7-12(19(20,21)22)6-13(8-14)23-16-15(18(27)28-3)9-24(4-5-25)17(16)26/h6-8,11,23,25H,4-5,9-10H2,1-3H3. The monoisotopic (exact) mass is 416 g/mol. The van der Waals surface area contributed by atoms with Crippen molar-refractivity contribution in [2.24, 2.45) is 5.92 Å². The SMILES string of the molecule is COC(=O)C1=C(Nc2cc(OCC(C)C)cc(C(F)(F)F)c2)C(=O)N(CCO)C1. The number of nitrogens with one attached hydrogen (secondary N) is 1. The predicted molar refractivity (Wildman–Crippen MR) is 98.1 cm³/mol. The summed E-state index contributed by atoms with van der Waals surface area (Å²) in [4.78, 5) is 25.8. The van der Waals surface area contributed by atoms with Crippen LogP contribution in [0.5, 0.6) is 5.75 Å². The van der Waals surface area contributed by atoms with E-state index in [1.54, 1.807) is 0 Å². The third kappa shape index (κ3) is 5.63. The second-order valence-electron chi connectivity index (χ2n) is 6.87. The molecule has 0 radical (unpaired) electrons. The van der Waals surface area contributed by atoms with Crippen molar-refractivity contribution in [3.8, 4) is 5.75 Å². The zero-order valence-corrected chi connectivity index (χ0v) is 16.3. The van der Waals surface area contributed by atoms with Gasteiger partial charge in [0.05, 0.1) is 38.0 Å². The van der Waals surface area contributed by atoms with Gasteiger partial charge in [0.25, 0.3) is 5.91 Å². The molecule has 160 valence electrons. The van der Waals surface area contributed by atoms with E-state index >= 15 is 0 Å². The first-order valence-electron chi connectivity index (χ1n) is 8.90. The van der Waals surface area contributed by atoms with Crippen molar-refractivity contribution in [2.45, 2.75) is 20.0 Å². The van der Waals surface area contributed by atoms with Crippen LogP contribution < -0.4 is 10.1 Å². The summed E-state index contributed by atoms with van der Waals surface area (Å²) in [6, 6.07) is 3.02. The first-order chi connectivity index (χ1) is 13.6. The van der Waals surface area contributed by atoms with Crippen LogP contribution in [0.15, 0.2) is 29.5 Å². The normalized spacial score (nSPS) is 14.6. The number of carbonyl (C=O) groups is 2. The van der Waals surface area contributed by atoms with Crippen molar-refractivity contribution < 1.29 is 37.3 Å². The Bertz CT molecular complexity index is 806. The van der Waals surface area contributed by atoms with E-state index in [9.17, 15) is 22.8 Å². The number of esters is 1. The highest BCUT2D eigenvalue weighted by Gasteiger charge is 2.35. The number of rotatable bonds is 8. The highest BCUT2D eigenvalue weighted by molar-refractivity contribution is 6.08. The van der Waals surface area contributed by atoms with E-state index in [0.717, 1.165) is 19.2 Å². The molecule has 1 heterocycles. The number of nitrogens with zero attached hydrogens (tertiary/aromatic N) is 1. The number of carbonyl (C=O) groups excluding carboxylic acids is 2. The van der Waals surface area contributed by atoms with Crippen LogP contribution in [0.25, 0.3) is 0 Å². The van der Waals surface area contributed by atoms with Gasteiger partial charge in [-0.05, 0) is 18.1 Å². The van der Waals surface area contributed by atoms with Gasteiger partial charge >= 0.3 is 12.1 Å². The third-order valence-electron chi connectivity index (χ3n) is 4.04.